The first-order valence-electron chi connectivity index (χ1n) is 13.3. The van der Waals surface area contributed by atoms with Gasteiger partial charge >= 0.3 is 0 Å². The van der Waals surface area contributed by atoms with Gasteiger partial charge in [0, 0.05) is 17.1 Å². The second-order valence-corrected chi connectivity index (χ2v) is 11.0. The summed E-state index contributed by atoms with van der Waals surface area (Å²) in [5, 5.41) is 0. The van der Waals surface area contributed by atoms with Crippen molar-refractivity contribution < 1.29 is 17.1 Å². The molecule has 0 N–H and O–H groups in total. The van der Waals surface area contributed by atoms with Crippen LogP contribution in [0, 0.1) is 0 Å². The van der Waals surface area contributed by atoms with Gasteiger partial charge in [0.05, 0.1) is 34.2 Å². The van der Waals surface area contributed by atoms with Gasteiger partial charge in [0.1, 0.15) is 0 Å². The molecular weight excluding hydrogens is 530 g/mol. The molecule has 38 heavy (non-hydrogen) atoms. The summed E-state index contributed by atoms with van der Waals surface area (Å²) in [6, 6.07) is 19.2. The Balaban J connectivity index is 0.00000361. The smallest absolute Gasteiger partial charge is 0.0849 e. The number of nitrogens with zero attached hydrogens (tertiary/aromatic N) is 3. The van der Waals surface area contributed by atoms with Gasteiger partial charge in [0.15, 0.2) is 0 Å². The molecule has 0 amide bonds. The first-order chi connectivity index (χ1) is 17.0. The van der Waals surface area contributed by atoms with E-state index < -0.39 is 0 Å². The number of pyridine rings is 1. The third-order valence-electron chi connectivity index (χ3n) is 6.73. The molecule has 2 aromatic carbocycles. The fraction of sp³-hybridized carbons (Fsp3) is 0.424. The zero-order chi connectivity index (χ0) is 26.6. The predicted octanol–water partition coefficient (Wildman–Crippen LogP) is 10.3. The molecule has 0 aliphatic rings. The second-order valence-electron chi connectivity index (χ2n) is 11.0. The van der Waals surface area contributed by atoms with Gasteiger partial charge in [0.25, 0.3) is 0 Å². The second kappa shape index (κ2) is 14.8. The number of aliphatic imine (C=N–C) groups is 2. The number of hydrogen-bond donors (Lipinski definition) is 0. The largest absolute Gasteiger partial charge is 0.251 e. The molecule has 3 nitrogen and oxygen atoms in total. The normalized spacial score (nSPS) is 12.3. The zero-order valence-electron chi connectivity index (χ0n) is 24.6. The topological polar surface area (TPSA) is 37.6 Å². The standard InChI is InChI=1S/C33H43N3.ClH.Fe/c1-20(2)26-14-11-15-27(21(3)4)32(26)34-24(9)30-18-13-19-31(36-30)25(10)35-33-28(22(5)6)16-12-17-29(33)23(7)8;;/h11-23H,1-10H3;1H;. The molecule has 0 saturated carbocycles. The van der Waals surface area contributed by atoms with Gasteiger partial charge in [-0.25, -0.2) is 4.98 Å². The minimum absolute atomic E-state index is 0. The predicted molar refractivity (Wildman–Crippen MR) is 164 cm³/mol. The number of rotatable bonds is 8. The summed E-state index contributed by atoms with van der Waals surface area (Å²) in [7, 11) is 0. The monoisotopic (exact) mass is 573 g/mol. The van der Waals surface area contributed by atoms with Crippen LogP contribution >= 0.6 is 12.4 Å². The van der Waals surface area contributed by atoms with E-state index in [9.17, 15) is 0 Å². The molecule has 1 heterocycles. The van der Waals surface area contributed by atoms with Crippen LogP contribution in [0.3, 0.4) is 0 Å². The van der Waals surface area contributed by atoms with Crippen LogP contribution in [0.4, 0.5) is 11.4 Å². The molecular formula is C33H44ClFeN3. The molecule has 0 aliphatic carbocycles. The Morgan fingerprint density at radius 3 is 1.05 bits per heavy atom. The van der Waals surface area contributed by atoms with Crippen LogP contribution in [-0.4, -0.2) is 16.4 Å². The average molecular weight is 574 g/mol. The van der Waals surface area contributed by atoms with Crippen LogP contribution in [0.15, 0.2) is 64.6 Å². The van der Waals surface area contributed by atoms with Crippen molar-refractivity contribution in [2.24, 2.45) is 9.98 Å². The SMILES string of the molecule is CC(=Nc1c(C(C)C)cccc1C(C)C)c1cccc(C(C)=Nc2c(C(C)C)cccc2C(C)C)n1.Cl.[Fe]. The van der Waals surface area contributed by atoms with E-state index in [1.807, 2.05) is 12.1 Å². The summed E-state index contributed by atoms with van der Waals surface area (Å²) >= 11 is 0. The Kier molecular flexibility index (Phi) is 13.1. The Hall–Kier alpha value is -2.26. The van der Waals surface area contributed by atoms with Gasteiger partial charge < -0.3 is 0 Å². The van der Waals surface area contributed by atoms with Crippen molar-refractivity contribution >= 4 is 35.2 Å². The summed E-state index contributed by atoms with van der Waals surface area (Å²) in [4.78, 5) is 15.3. The Morgan fingerprint density at radius 2 is 0.789 bits per heavy atom. The van der Waals surface area contributed by atoms with E-state index in [-0.39, 0.29) is 29.5 Å². The van der Waals surface area contributed by atoms with E-state index in [1.54, 1.807) is 0 Å². The van der Waals surface area contributed by atoms with E-state index >= 15 is 0 Å². The van der Waals surface area contributed by atoms with E-state index in [4.69, 9.17) is 15.0 Å². The number of hydrogen-bond acceptors (Lipinski definition) is 3. The molecule has 0 radical (unpaired) electrons. The molecule has 0 bridgehead atoms. The molecule has 0 unspecified atom stereocenters. The molecule has 0 fully saturated rings. The molecule has 0 atom stereocenters. The molecule has 0 aliphatic heterocycles. The summed E-state index contributed by atoms with van der Waals surface area (Å²) < 4.78 is 0. The van der Waals surface area contributed by atoms with Crippen molar-refractivity contribution in [1.29, 1.82) is 0 Å². The van der Waals surface area contributed by atoms with Gasteiger partial charge in [-0.15, -0.1) is 12.4 Å². The van der Waals surface area contributed by atoms with Crippen LogP contribution < -0.4 is 0 Å². The molecule has 5 heteroatoms. The maximum atomic E-state index is 5.15. The number of aromatic nitrogens is 1. The Labute approximate surface area is 247 Å². The quantitative estimate of drug-likeness (QED) is 0.195. The van der Waals surface area contributed by atoms with E-state index in [0.29, 0.717) is 23.7 Å². The summed E-state index contributed by atoms with van der Waals surface area (Å²) in [5.41, 5.74) is 10.9. The minimum atomic E-state index is 0. The van der Waals surface area contributed by atoms with Crippen LogP contribution in [0.25, 0.3) is 0 Å². The van der Waals surface area contributed by atoms with E-state index in [1.165, 1.54) is 22.3 Å². The maximum Gasteiger partial charge on any atom is 0.0849 e. The Morgan fingerprint density at radius 1 is 0.526 bits per heavy atom. The Bertz CT molecular complexity index is 1130. The van der Waals surface area contributed by atoms with Crippen molar-refractivity contribution in [2.75, 3.05) is 0 Å². The van der Waals surface area contributed by atoms with Crippen LogP contribution in [-0.2, 0) is 17.1 Å². The third kappa shape index (κ3) is 7.88. The number of halogens is 1. The fourth-order valence-corrected chi connectivity index (χ4v) is 4.57. The van der Waals surface area contributed by atoms with Gasteiger partial charge in [-0.3, -0.25) is 9.98 Å². The first-order valence-corrected chi connectivity index (χ1v) is 13.3. The van der Waals surface area contributed by atoms with E-state index in [0.717, 1.165) is 34.2 Å². The van der Waals surface area contributed by atoms with Gasteiger partial charge in [0.2, 0.25) is 0 Å². The number of benzene rings is 2. The van der Waals surface area contributed by atoms with Crippen LogP contribution in [0.5, 0.6) is 0 Å². The van der Waals surface area contributed by atoms with Crippen molar-refractivity contribution in [1.82, 2.24) is 4.98 Å². The van der Waals surface area contributed by atoms with Gasteiger partial charge in [-0.2, -0.15) is 0 Å². The first kappa shape index (κ1) is 33.8. The molecule has 3 rings (SSSR count). The summed E-state index contributed by atoms with van der Waals surface area (Å²) in [6.07, 6.45) is 0. The minimum Gasteiger partial charge on any atom is -0.251 e. The van der Waals surface area contributed by atoms with Crippen molar-refractivity contribution in [3.05, 3.63) is 88.2 Å². The summed E-state index contributed by atoms with van der Waals surface area (Å²) in [5.74, 6) is 1.61. The zero-order valence-corrected chi connectivity index (χ0v) is 26.5. The maximum absolute atomic E-state index is 5.15. The van der Waals surface area contributed by atoms with Crippen LogP contribution in [0.1, 0.15) is 127 Å². The molecule has 3 aromatic rings. The molecule has 0 spiro atoms. The van der Waals surface area contributed by atoms with Gasteiger partial charge in [-0.1, -0.05) is 97.9 Å². The fourth-order valence-electron chi connectivity index (χ4n) is 4.57. The molecule has 0 saturated heterocycles. The molecule has 1 aromatic heterocycles. The molecule has 206 valence electrons. The summed E-state index contributed by atoms with van der Waals surface area (Å²) in [6.45, 7) is 22.0. The van der Waals surface area contributed by atoms with Crippen molar-refractivity contribution in [2.45, 2.75) is 92.9 Å². The average Bonchev–Trinajstić information content (AvgIpc) is 2.83. The van der Waals surface area contributed by atoms with Gasteiger partial charge in [-0.05, 0) is 71.9 Å². The van der Waals surface area contributed by atoms with Crippen LogP contribution in [0.2, 0.25) is 0 Å². The number of para-hydroxylation sites is 2. The third-order valence-corrected chi connectivity index (χ3v) is 6.73. The van der Waals surface area contributed by atoms with Crippen molar-refractivity contribution in [3.8, 4) is 0 Å². The van der Waals surface area contributed by atoms with E-state index in [2.05, 4.69) is 112 Å². The van der Waals surface area contributed by atoms with Crippen molar-refractivity contribution in [3.63, 3.8) is 0 Å².